The highest BCUT2D eigenvalue weighted by molar-refractivity contribution is 5.89. The Morgan fingerprint density at radius 3 is 1.93 bits per heavy atom. The summed E-state index contributed by atoms with van der Waals surface area (Å²) in [5.74, 6) is 3.49. The first-order valence-corrected chi connectivity index (χ1v) is 21.7. The van der Waals surface area contributed by atoms with Crippen molar-refractivity contribution in [1.29, 1.82) is 0 Å². The molecule has 1 radical (unpaired) electrons. The van der Waals surface area contributed by atoms with Crippen molar-refractivity contribution in [3.63, 3.8) is 0 Å². The summed E-state index contributed by atoms with van der Waals surface area (Å²) in [5.41, 5.74) is 17.8. The van der Waals surface area contributed by atoms with Gasteiger partial charge in [-0.3, -0.25) is 0 Å². The molecule has 0 heteroatoms. The smallest absolute Gasteiger partial charge is 0.0321 e. The molecule has 3 aliphatic carbocycles. The highest BCUT2D eigenvalue weighted by Gasteiger charge is 2.51. The lowest BCUT2D eigenvalue weighted by Gasteiger charge is -2.22. The molecule has 2 atom stereocenters. The predicted molar refractivity (Wildman–Crippen MR) is 274 cm³/mol. The van der Waals surface area contributed by atoms with Gasteiger partial charge in [-0.15, -0.1) is 32.7 Å². The van der Waals surface area contributed by atoms with Gasteiger partial charge in [0.1, 0.15) is 0 Å². The molecule has 0 aliphatic heterocycles. The van der Waals surface area contributed by atoms with E-state index in [-0.39, 0.29) is 0 Å². The van der Waals surface area contributed by atoms with Crippen molar-refractivity contribution < 1.29 is 0 Å². The van der Waals surface area contributed by atoms with Crippen LogP contribution in [-0.4, -0.2) is 0 Å². The first-order valence-electron chi connectivity index (χ1n) is 21.7. The van der Waals surface area contributed by atoms with E-state index in [1.807, 2.05) is 38.1 Å². The monoisotopic (exact) mass is 800 g/mol. The molecule has 2 unspecified atom stereocenters. The Morgan fingerprint density at radius 1 is 0.721 bits per heavy atom. The quantitative estimate of drug-likeness (QED) is 0.0791. The number of rotatable bonds is 9. The van der Waals surface area contributed by atoms with Crippen LogP contribution in [0.4, 0.5) is 0 Å². The summed E-state index contributed by atoms with van der Waals surface area (Å²) in [5, 5.41) is 0. The van der Waals surface area contributed by atoms with E-state index in [0.29, 0.717) is 11.3 Å². The zero-order valence-corrected chi connectivity index (χ0v) is 37.7. The molecule has 61 heavy (non-hydrogen) atoms. The van der Waals surface area contributed by atoms with Crippen LogP contribution in [0.2, 0.25) is 0 Å². The number of aryl methyl sites for hydroxylation is 2. The molecule has 0 spiro atoms. The summed E-state index contributed by atoms with van der Waals surface area (Å²) in [4.78, 5) is 0. The molecular weight excluding hydrogens is 733 g/mol. The summed E-state index contributed by atoms with van der Waals surface area (Å²) in [6, 6.07) is 39.6. The van der Waals surface area contributed by atoms with E-state index in [4.69, 9.17) is 6.42 Å². The number of hydrogen-bond acceptors (Lipinski definition) is 0. The molecule has 0 nitrogen and oxygen atoms in total. The molecule has 5 aromatic carbocycles. The van der Waals surface area contributed by atoms with Gasteiger partial charge < -0.3 is 0 Å². The number of benzene rings is 5. The highest BCUT2D eigenvalue weighted by atomic mass is 14.5. The fourth-order valence-electron chi connectivity index (χ4n) is 7.63. The maximum Gasteiger partial charge on any atom is 0.0321 e. The highest BCUT2D eigenvalue weighted by Crippen LogP contribution is 2.60. The molecule has 3 aliphatic rings. The summed E-state index contributed by atoms with van der Waals surface area (Å²) >= 11 is 0. The van der Waals surface area contributed by atoms with Crippen molar-refractivity contribution in [3.05, 3.63) is 230 Å². The molecule has 0 N–H and O–H groups in total. The van der Waals surface area contributed by atoms with E-state index < -0.39 is 0 Å². The summed E-state index contributed by atoms with van der Waals surface area (Å²) in [7, 11) is 0. The largest absolute Gasteiger partial charge is 0.115 e. The van der Waals surface area contributed by atoms with Crippen LogP contribution >= 0.6 is 0 Å². The molecule has 0 heterocycles. The Balaban J connectivity index is 0.000000632. The van der Waals surface area contributed by atoms with Gasteiger partial charge in [0, 0.05) is 5.56 Å². The third kappa shape index (κ3) is 12.8. The van der Waals surface area contributed by atoms with Gasteiger partial charge in [-0.2, -0.15) is 0 Å². The van der Waals surface area contributed by atoms with E-state index in [1.165, 1.54) is 79.6 Å². The van der Waals surface area contributed by atoms with E-state index in [9.17, 15) is 0 Å². The molecule has 0 bridgehead atoms. The standard InChI is InChI=1S/C47H38.2C4H8.C2H6.C2H4.C2H3/c1-4-37-9-5-6-11-43(37)45-28-36(14-13-32(45)2)23-25-47-26-24-39(30-41(47)31-47)38-20-17-34(18-21-38)15-16-35-19-22-40-27-33(3)42-10-7-8-12-44(42)46(40)29-35;2*1-3-4-2;3*1-2/h1,5-22,24,26,28-30,41H,3,23,25,27,31H2,2H3;2*3H,1,4H2,2H3;1-2H3;1-2H2;1H,2H2/b16-15+;;;;;. The average Bonchev–Trinajstić information content (AvgIpc) is 4.07. The summed E-state index contributed by atoms with van der Waals surface area (Å²) in [6.07, 6.45) is 27.9. The van der Waals surface area contributed by atoms with Crippen LogP contribution in [-0.2, 0) is 12.8 Å². The molecule has 0 amide bonds. The van der Waals surface area contributed by atoms with Gasteiger partial charge in [0.25, 0.3) is 0 Å². The number of allylic oxidation sites excluding steroid dienone is 7. The van der Waals surface area contributed by atoms with Crippen LogP contribution < -0.4 is 0 Å². The van der Waals surface area contributed by atoms with Crippen molar-refractivity contribution in [2.45, 2.75) is 73.1 Å². The van der Waals surface area contributed by atoms with E-state index >= 15 is 0 Å². The summed E-state index contributed by atoms with van der Waals surface area (Å²) in [6.45, 7) is 34.6. The zero-order valence-electron chi connectivity index (χ0n) is 37.7. The Labute approximate surface area is 370 Å². The minimum Gasteiger partial charge on any atom is -0.115 e. The predicted octanol–water partition coefficient (Wildman–Crippen LogP) is 17.2. The number of fused-ring (bicyclic) bond motifs is 4. The van der Waals surface area contributed by atoms with Gasteiger partial charge in [0.15, 0.2) is 0 Å². The Bertz CT molecular complexity index is 2340. The third-order valence-corrected chi connectivity index (χ3v) is 11.1. The minimum atomic E-state index is 0.302. The lowest BCUT2D eigenvalue weighted by atomic mass is 9.82. The van der Waals surface area contributed by atoms with E-state index in [0.717, 1.165) is 36.8 Å². The molecule has 311 valence electrons. The van der Waals surface area contributed by atoms with Gasteiger partial charge >= 0.3 is 0 Å². The second-order valence-corrected chi connectivity index (χ2v) is 14.9. The van der Waals surface area contributed by atoms with Crippen LogP contribution in [0.5, 0.6) is 0 Å². The van der Waals surface area contributed by atoms with Gasteiger partial charge in [-0.25, -0.2) is 0 Å². The SMILES string of the molecule is C#Cc1ccccc1-c1cc(CCC23C=CC(c4ccc(/C=C/c5ccc6c(c5)-c5ccccc5C(=C)C6)cc4)=CC2C3)ccc1C.C=C.C=CCC.C=CCC.CC.[CH]=C. The molecule has 5 aromatic rings. The van der Waals surface area contributed by atoms with Crippen LogP contribution in [0.1, 0.15) is 97.9 Å². The number of terminal acetylenes is 1. The lowest BCUT2D eigenvalue weighted by Crippen LogP contribution is -2.05. The van der Waals surface area contributed by atoms with Crippen LogP contribution in [0, 0.1) is 37.2 Å². The molecular formula is C61H67. The van der Waals surface area contributed by atoms with Gasteiger partial charge in [0.2, 0.25) is 0 Å². The molecule has 0 saturated heterocycles. The van der Waals surface area contributed by atoms with Gasteiger partial charge in [-0.05, 0) is 141 Å². The fraction of sp³-hybridized carbons (Fsp3) is 0.213. The van der Waals surface area contributed by atoms with Crippen LogP contribution in [0.3, 0.4) is 0 Å². The van der Waals surface area contributed by atoms with E-state index in [2.05, 4.69) is 200 Å². The third-order valence-electron chi connectivity index (χ3n) is 11.1. The van der Waals surface area contributed by atoms with E-state index in [1.54, 1.807) is 0 Å². The van der Waals surface area contributed by atoms with Gasteiger partial charge in [0.05, 0.1) is 0 Å². The second-order valence-electron chi connectivity index (χ2n) is 14.9. The summed E-state index contributed by atoms with van der Waals surface area (Å²) < 4.78 is 0. The van der Waals surface area contributed by atoms with Crippen LogP contribution in [0.25, 0.3) is 45.6 Å². The maximum atomic E-state index is 5.82. The Kier molecular flexibility index (Phi) is 20.3. The molecule has 1 fully saturated rings. The topological polar surface area (TPSA) is 0 Å². The van der Waals surface area contributed by atoms with Crippen LogP contribution in [0.15, 0.2) is 179 Å². The average molecular weight is 800 g/mol. The second kappa shape index (κ2) is 25.3. The first-order chi connectivity index (χ1) is 29.8. The number of hydrogen-bond donors (Lipinski definition) is 0. The van der Waals surface area contributed by atoms with Crippen molar-refractivity contribution in [2.75, 3.05) is 0 Å². The maximum absolute atomic E-state index is 5.82. The fourth-order valence-corrected chi connectivity index (χ4v) is 7.63. The molecule has 0 aromatic heterocycles. The van der Waals surface area contributed by atoms with Crippen molar-refractivity contribution in [3.8, 4) is 34.6 Å². The Morgan fingerprint density at radius 2 is 1.31 bits per heavy atom. The Hall–Kier alpha value is -6.42. The normalized spacial score (nSPS) is 15.7. The zero-order chi connectivity index (χ0) is 44.8. The van der Waals surface area contributed by atoms with Gasteiger partial charge in [-0.1, -0.05) is 193 Å². The molecule has 1 saturated carbocycles. The van der Waals surface area contributed by atoms with Crippen molar-refractivity contribution in [1.82, 2.24) is 0 Å². The molecule has 8 rings (SSSR count). The minimum absolute atomic E-state index is 0.302. The van der Waals surface area contributed by atoms with Crippen molar-refractivity contribution in [2.24, 2.45) is 11.3 Å². The lowest BCUT2D eigenvalue weighted by molar-refractivity contribution is 0.550. The van der Waals surface area contributed by atoms with Crippen molar-refractivity contribution >= 4 is 23.3 Å². The first kappa shape index (κ1) is 48.9.